The van der Waals surface area contributed by atoms with E-state index in [9.17, 15) is 14.4 Å². The first-order chi connectivity index (χ1) is 12.6. The van der Waals surface area contributed by atoms with Crippen LogP contribution in [0.3, 0.4) is 0 Å². The number of benzene rings is 1. The van der Waals surface area contributed by atoms with Crippen LogP contribution in [0.2, 0.25) is 5.02 Å². The van der Waals surface area contributed by atoms with Crippen molar-refractivity contribution >= 4 is 29.3 Å². The van der Waals surface area contributed by atoms with Crippen LogP contribution in [0, 0.1) is 11.8 Å². The zero-order valence-electron chi connectivity index (χ0n) is 14.6. The van der Waals surface area contributed by atoms with Crippen molar-refractivity contribution in [3.63, 3.8) is 0 Å². The Labute approximate surface area is 157 Å². The third kappa shape index (κ3) is 4.36. The van der Waals surface area contributed by atoms with E-state index in [4.69, 9.17) is 16.3 Å². The number of nitrogens with one attached hydrogen (secondary N) is 1. The predicted octanol–water partition coefficient (Wildman–Crippen LogP) is 2.40. The van der Waals surface area contributed by atoms with E-state index in [0.717, 1.165) is 25.7 Å². The van der Waals surface area contributed by atoms with E-state index in [0.29, 0.717) is 23.9 Å². The second-order valence-corrected chi connectivity index (χ2v) is 7.16. The van der Waals surface area contributed by atoms with E-state index in [2.05, 4.69) is 5.32 Å². The number of amides is 3. The number of carbonyl (C=O) groups excluding carboxylic acids is 3. The largest absolute Gasteiger partial charge is 0.492 e. The molecule has 1 saturated heterocycles. The fourth-order valence-corrected chi connectivity index (χ4v) is 3.77. The van der Waals surface area contributed by atoms with Crippen molar-refractivity contribution in [2.45, 2.75) is 32.1 Å². The molecule has 0 spiro atoms. The van der Waals surface area contributed by atoms with E-state index >= 15 is 0 Å². The number of fused-ring (bicyclic) bond motifs is 1. The zero-order valence-corrected chi connectivity index (χ0v) is 15.3. The summed E-state index contributed by atoms with van der Waals surface area (Å²) in [6.45, 7) is 0.849. The van der Waals surface area contributed by atoms with Gasteiger partial charge in [0, 0.05) is 18.0 Å². The number of ether oxygens (including phenoxy) is 1. The average Bonchev–Trinajstić information content (AvgIpc) is 2.89. The Kier molecular flexibility index (Phi) is 6.14. The maximum atomic E-state index is 12.3. The monoisotopic (exact) mass is 378 g/mol. The molecule has 26 heavy (non-hydrogen) atoms. The number of carbonyl (C=O) groups is 3. The number of halogens is 1. The van der Waals surface area contributed by atoms with Crippen molar-refractivity contribution in [1.29, 1.82) is 0 Å². The molecular weight excluding hydrogens is 356 g/mol. The minimum atomic E-state index is -0.194. The lowest BCUT2D eigenvalue weighted by Crippen LogP contribution is -2.36. The van der Waals surface area contributed by atoms with Crippen LogP contribution >= 0.6 is 11.6 Å². The minimum Gasteiger partial charge on any atom is -0.492 e. The van der Waals surface area contributed by atoms with Crippen LogP contribution in [0.4, 0.5) is 0 Å². The molecule has 1 saturated carbocycles. The van der Waals surface area contributed by atoms with Crippen LogP contribution in [0.15, 0.2) is 24.3 Å². The maximum absolute atomic E-state index is 12.3. The molecule has 3 rings (SSSR count). The number of nitrogens with zero attached hydrogens (tertiary/aromatic N) is 1. The lowest BCUT2D eigenvalue weighted by molar-refractivity contribution is -0.140. The van der Waals surface area contributed by atoms with E-state index in [-0.39, 0.29) is 42.5 Å². The van der Waals surface area contributed by atoms with Crippen LogP contribution in [0.5, 0.6) is 5.75 Å². The summed E-state index contributed by atoms with van der Waals surface area (Å²) < 4.78 is 5.50. The third-order valence-corrected chi connectivity index (χ3v) is 5.25. The first-order valence-electron chi connectivity index (χ1n) is 9.06. The van der Waals surface area contributed by atoms with Crippen molar-refractivity contribution in [1.82, 2.24) is 10.2 Å². The van der Waals surface area contributed by atoms with Crippen LogP contribution in [0.25, 0.3) is 0 Å². The molecule has 1 aliphatic carbocycles. The summed E-state index contributed by atoms with van der Waals surface area (Å²) in [6.07, 6.45) is 3.71. The Balaban J connectivity index is 1.37. The van der Waals surface area contributed by atoms with Crippen LogP contribution in [0.1, 0.15) is 32.1 Å². The van der Waals surface area contributed by atoms with E-state index in [1.807, 2.05) is 0 Å². The molecule has 140 valence electrons. The van der Waals surface area contributed by atoms with Gasteiger partial charge in [-0.25, -0.2) is 0 Å². The third-order valence-electron chi connectivity index (χ3n) is 5.00. The molecule has 0 bridgehead atoms. The summed E-state index contributed by atoms with van der Waals surface area (Å²) in [4.78, 5) is 37.9. The molecule has 0 unspecified atom stereocenters. The number of hydrogen-bond acceptors (Lipinski definition) is 4. The molecular formula is C19H23ClN2O4. The van der Waals surface area contributed by atoms with Gasteiger partial charge in [-0.1, -0.05) is 24.4 Å². The highest BCUT2D eigenvalue weighted by atomic mass is 35.5. The highest BCUT2D eigenvalue weighted by molar-refractivity contribution is 6.30. The molecule has 1 aliphatic heterocycles. The van der Waals surface area contributed by atoms with Gasteiger partial charge in [0.05, 0.1) is 18.4 Å². The maximum Gasteiger partial charge on any atom is 0.233 e. The number of likely N-dealkylation sites (tertiary alicyclic amines) is 1. The molecule has 1 heterocycles. The SMILES string of the molecule is O=C(CCN1C(=O)[C@H]2CCCC[C@H]2C1=O)NCCOc1ccc(Cl)cc1. The second-order valence-electron chi connectivity index (χ2n) is 6.73. The van der Waals surface area contributed by atoms with E-state index < -0.39 is 0 Å². The van der Waals surface area contributed by atoms with Crippen molar-refractivity contribution < 1.29 is 19.1 Å². The molecule has 1 N–H and O–H groups in total. The molecule has 2 atom stereocenters. The molecule has 7 heteroatoms. The smallest absolute Gasteiger partial charge is 0.233 e. The molecule has 1 aromatic rings. The summed E-state index contributed by atoms with van der Waals surface area (Å²) in [5, 5.41) is 3.38. The van der Waals surface area contributed by atoms with Crippen molar-refractivity contribution in [2.75, 3.05) is 19.7 Å². The van der Waals surface area contributed by atoms with Crippen molar-refractivity contribution in [2.24, 2.45) is 11.8 Å². The Bertz CT molecular complexity index is 653. The average molecular weight is 379 g/mol. The lowest BCUT2D eigenvalue weighted by atomic mass is 9.81. The summed E-state index contributed by atoms with van der Waals surface area (Å²) in [5.74, 6) is -0.0315. The summed E-state index contributed by atoms with van der Waals surface area (Å²) in [5.41, 5.74) is 0. The first-order valence-corrected chi connectivity index (χ1v) is 9.44. The van der Waals surface area contributed by atoms with Crippen LogP contribution in [-0.2, 0) is 14.4 Å². The minimum absolute atomic E-state index is 0.0985. The lowest BCUT2D eigenvalue weighted by Gasteiger charge is -2.19. The Morgan fingerprint density at radius 3 is 2.35 bits per heavy atom. The predicted molar refractivity (Wildman–Crippen MR) is 96.7 cm³/mol. The molecule has 6 nitrogen and oxygen atoms in total. The van der Waals surface area contributed by atoms with Crippen molar-refractivity contribution in [3.8, 4) is 5.75 Å². The highest BCUT2D eigenvalue weighted by Gasteiger charge is 2.47. The van der Waals surface area contributed by atoms with Gasteiger partial charge >= 0.3 is 0 Å². The van der Waals surface area contributed by atoms with Gasteiger partial charge in [0.1, 0.15) is 12.4 Å². The molecule has 0 radical (unpaired) electrons. The van der Waals surface area contributed by atoms with Gasteiger partial charge < -0.3 is 10.1 Å². The van der Waals surface area contributed by atoms with Gasteiger partial charge in [0.25, 0.3) is 0 Å². The molecule has 2 aliphatic rings. The Morgan fingerprint density at radius 1 is 1.12 bits per heavy atom. The van der Waals surface area contributed by atoms with Gasteiger partial charge in [-0.15, -0.1) is 0 Å². The fraction of sp³-hybridized carbons (Fsp3) is 0.526. The van der Waals surface area contributed by atoms with E-state index in [1.165, 1.54) is 4.90 Å². The van der Waals surface area contributed by atoms with E-state index in [1.54, 1.807) is 24.3 Å². The van der Waals surface area contributed by atoms with Gasteiger partial charge in [-0.3, -0.25) is 19.3 Å². The Hall–Kier alpha value is -2.08. The van der Waals surface area contributed by atoms with Crippen LogP contribution in [-0.4, -0.2) is 42.3 Å². The first kappa shape index (κ1) is 18.7. The second kappa shape index (κ2) is 8.54. The van der Waals surface area contributed by atoms with Gasteiger partial charge in [0.2, 0.25) is 17.7 Å². The number of imide groups is 1. The summed E-state index contributed by atoms with van der Waals surface area (Å²) in [7, 11) is 0. The fourth-order valence-electron chi connectivity index (χ4n) is 3.64. The summed E-state index contributed by atoms with van der Waals surface area (Å²) in [6, 6.07) is 6.98. The van der Waals surface area contributed by atoms with Crippen LogP contribution < -0.4 is 10.1 Å². The molecule has 2 fully saturated rings. The summed E-state index contributed by atoms with van der Waals surface area (Å²) >= 11 is 5.80. The molecule has 0 aromatic heterocycles. The van der Waals surface area contributed by atoms with Gasteiger partial charge in [0.15, 0.2) is 0 Å². The normalized spacial score (nSPS) is 22.3. The molecule has 3 amide bonds. The Morgan fingerprint density at radius 2 is 1.73 bits per heavy atom. The number of hydrogen-bond donors (Lipinski definition) is 1. The van der Waals surface area contributed by atoms with Crippen molar-refractivity contribution in [3.05, 3.63) is 29.3 Å². The quantitative estimate of drug-likeness (QED) is 0.584. The standard InChI is InChI=1S/C19H23ClN2O4/c20-13-5-7-14(8-6-13)26-12-10-21-17(23)9-11-22-18(24)15-3-1-2-4-16(15)19(22)25/h5-8,15-16H,1-4,9-12H2,(H,21,23)/t15-,16+. The molecule has 1 aromatic carbocycles. The van der Waals surface area contributed by atoms with Gasteiger partial charge in [-0.05, 0) is 37.1 Å². The number of rotatable bonds is 7. The zero-order chi connectivity index (χ0) is 18.5. The highest BCUT2D eigenvalue weighted by Crippen LogP contribution is 2.37. The van der Waals surface area contributed by atoms with Gasteiger partial charge in [-0.2, -0.15) is 0 Å². The topological polar surface area (TPSA) is 75.7 Å².